The number of hydrogen-bond donors (Lipinski definition) is 2. The molecule has 2 N–H and O–H groups in total. The number of amides is 2. The number of carbonyl (C=O) groups excluding carboxylic acids is 3. The Bertz CT molecular complexity index is 1200. The third-order valence-corrected chi connectivity index (χ3v) is 6.61. The van der Waals surface area contributed by atoms with Crippen molar-refractivity contribution in [2.24, 2.45) is 0 Å². The van der Waals surface area contributed by atoms with Gasteiger partial charge in [-0.15, -0.1) is 0 Å². The summed E-state index contributed by atoms with van der Waals surface area (Å²) in [6, 6.07) is 24.8. The Hall–Kier alpha value is -4.17. The highest BCUT2D eigenvalue weighted by molar-refractivity contribution is 5.91. The zero-order chi connectivity index (χ0) is 26.3. The summed E-state index contributed by atoms with van der Waals surface area (Å²) in [5.74, 6) is -1.17. The Labute approximate surface area is 215 Å². The summed E-state index contributed by atoms with van der Waals surface area (Å²) in [7, 11) is 1.27. The van der Waals surface area contributed by atoms with Crippen molar-refractivity contribution in [2.75, 3.05) is 13.7 Å². The van der Waals surface area contributed by atoms with Crippen LogP contribution in [0.3, 0.4) is 0 Å². The maximum Gasteiger partial charge on any atom is 0.408 e. The van der Waals surface area contributed by atoms with Crippen LogP contribution in [-0.4, -0.2) is 53.7 Å². The molecule has 0 spiro atoms. The van der Waals surface area contributed by atoms with Crippen molar-refractivity contribution in [1.29, 1.82) is 0 Å². The number of alkyl carbamates (subject to hydrolysis) is 1. The average molecular weight is 503 g/mol. The normalized spacial score (nSPS) is 20.1. The fourth-order valence-corrected chi connectivity index (χ4v) is 4.62. The molecule has 1 fully saturated rings. The van der Waals surface area contributed by atoms with E-state index in [-0.39, 0.29) is 26.0 Å². The summed E-state index contributed by atoms with van der Waals surface area (Å²) >= 11 is 0. The SMILES string of the molecule is COC(=O)[C@H](Cc1ccccc1)N1CC[C@](O)(c2ccccc2)[C@@H](NC(=O)OCc2ccccc2)C1=O. The van der Waals surface area contributed by atoms with E-state index in [1.807, 2.05) is 60.7 Å². The first-order valence-corrected chi connectivity index (χ1v) is 12.1. The van der Waals surface area contributed by atoms with Gasteiger partial charge in [-0.3, -0.25) is 4.79 Å². The van der Waals surface area contributed by atoms with Crippen LogP contribution in [0.15, 0.2) is 91.0 Å². The van der Waals surface area contributed by atoms with Crippen molar-refractivity contribution in [3.05, 3.63) is 108 Å². The van der Waals surface area contributed by atoms with Gasteiger partial charge < -0.3 is 24.8 Å². The van der Waals surface area contributed by atoms with E-state index in [4.69, 9.17) is 9.47 Å². The molecule has 0 aliphatic carbocycles. The number of hydrogen-bond acceptors (Lipinski definition) is 6. The lowest BCUT2D eigenvalue weighted by Gasteiger charge is -2.45. The van der Waals surface area contributed by atoms with E-state index < -0.39 is 35.7 Å². The summed E-state index contributed by atoms with van der Waals surface area (Å²) in [5, 5.41) is 14.3. The lowest BCUT2D eigenvalue weighted by Crippen LogP contribution is -2.66. The van der Waals surface area contributed by atoms with Crippen LogP contribution in [0.1, 0.15) is 23.1 Å². The maximum absolute atomic E-state index is 13.9. The lowest BCUT2D eigenvalue weighted by molar-refractivity contribution is -0.163. The number of nitrogens with one attached hydrogen (secondary N) is 1. The predicted molar refractivity (Wildman–Crippen MR) is 136 cm³/mol. The zero-order valence-electron chi connectivity index (χ0n) is 20.6. The van der Waals surface area contributed by atoms with Gasteiger partial charge in [0.2, 0.25) is 5.91 Å². The van der Waals surface area contributed by atoms with Gasteiger partial charge >= 0.3 is 12.1 Å². The number of likely N-dealkylation sites (tertiary alicyclic amines) is 1. The van der Waals surface area contributed by atoms with E-state index in [2.05, 4.69) is 5.32 Å². The Morgan fingerprint density at radius 3 is 2.14 bits per heavy atom. The Kier molecular flexibility index (Phi) is 8.20. The number of carbonyl (C=O) groups is 3. The molecule has 1 aliphatic rings. The van der Waals surface area contributed by atoms with E-state index in [1.54, 1.807) is 30.3 Å². The van der Waals surface area contributed by atoms with Crippen molar-refractivity contribution < 1.29 is 29.0 Å². The molecule has 8 heteroatoms. The molecule has 192 valence electrons. The molecular weight excluding hydrogens is 472 g/mol. The number of benzene rings is 3. The first-order chi connectivity index (χ1) is 17.9. The molecule has 1 aliphatic heterocycles. The highest BCUT2D eigenvalue weighted by Crippen LogP contribution is 2.35. The van der Waals surface area contributed by atoms with Gasteiger partial charge in [-0.2, -0.15) is 0 Å². The first-order valence-electron chi connectivity index (χ1n) is 12.1. The maximum atomic E-state index is 13.9. The fourth-order valence-electron chi connectivity index (χ4n) is 4.62. The second-order valence-corrected chi connectivity index (χ2v) is 8.94. The average Bonchev–Trinajstić information content (AvgIpc) is 2.94. The Morgan fingerprint density at radius 2 is 1.54 bits per heavy atom. The number of esters is 1. The van der Waals surface area contributed by atoms with Crippen LogP contribution < -0.4 is 5.32 Å². The van der Waals surface area contributed by atoms with Crippen LogP contribution in [0.2, 0.25) is 0 Å². The minimum atomic E-state index is -1.70. The van der Waals surface area contributed by atoms with Crippen molar-refractivity contribution in [3.8, 4) is 0 Å². The second kappa shape index (κ2) is 11.7. The van der Waals surface area contributed by atoms with Gasteiger partial charge in [-0.25, -0.2) is 9.59 Å². The highest BCUT2D eigenvalue weighted by atomic mass is 16.5. The van der Waals surface area contributed by atoms with Crippen LogP contribution in [-0.2, 0) is 37.7 Å². The van der Waals surface area contributed by atoms with Gasteiger partial charge in [0.25, 0.3) is 0 Å². The number of rotatable bonds is 8. The molecule has 0 aromatic heterocycles. The predicted octanol–water partition coefficient (Wildman–Crippen LogP) is 3.19. The van der Waals surface area contributed by atoms with Crippen LogP contribution in [0.5, 0.6) is 0 Å². The lowest BCUT2D eigenvalue weighted by atomic mass is 9.79. The van der Waals surface area contributed by atoms with Crippen molar-refractivity contribution >= 4 is 18.0 Å². The third-order valence-electron chi connectivity index (χ3n) is 6.61. The van der Waals surface area contributed by atoms with Gasteiger partial charge in [-0.1, -0.05) is 91.0 Å². The van der Waals surface area contributed by atoms with Crippen LogP contribution in [0.4, 0.5) is 4.79 Å². The smallest absolute Gasteiger partial charge is 0.408 e. The van der Waals surface area contributed by atoms with Crippen molar-refractivity contribution in [3.63, 3.8) is 0 Å². The topological polar surface area (TPSA) is 105 Å². The molecule has 1 heterocycles. The Balaban J connectivity index is 1.60. The number of aliphatic hydroxyl groups is 1. The van der Waals surface area contributed by atoms with Crippen LogP contribution in [0.25, 0.3) is 0 Å². The fraction of sp³-hybridized carbons (Fsp3) is 0.276. The molecule has 8 nitrogen and oxygen atoms in total. The summed E-state index contributed by atoms with van der Waals surface area (Å²) in [5.41, 5.74) is 0.408. The summed E-state index contributed by atoms with van der Waals surface area (Å²) < 4.78 is 10.4. The van der Waals surface area contributed by atoms with Gasteiger partial charge in [0.15, 0.2) is 0 Å². The van der Waals surface area contributed by atoms with E-state index in [0.29, 0.717) is 5.56 Å². The number of nitrogens with zero attached hydrogens (tertiary/aromatic N) is 1. The summed E-state index contributed by atoms with van der Waals surface area (Å²) in [6.45, 7) is 0.0912. The molecule has 37 heavy (non-hydrogen) atoms. The highest BCUT2D eigenvalue weighted by Gasteiger charge is 2.51. The molecule has 0 radical (unpaired) electrons. The first kappa shape index (κ1) is 25.9. The van der Waals surface area contributed by atoms with E-state index in [1.165, 1.54) is 12.0 Å². The van der Waals surface area contributed by atoms with Gasteiger partial charge in [0.05, 0.1) is 7.11 Å². The van der Waals surface area contributed by atoms with Gasteiger partial charge in [0, 0.05) is 19.4 Å². The molecule has 3 atom stereocenters. The second-order valence-electron chi connectivity index (χ2n) is 8.94. The minimum Gasteiger partial charge on any atom is -0.467 e. The quantitative estimate of drug-likeness (QED) is 0.459. The summed E-state index contributed by atoms with van der Waals surface area (Å²) in [6.07, 6.45) is -0.529. The standard InChI is InChI=1S/C29H30N2O6/c1-36-27(33)24(19-21-11-5-2-6-12-21)31-18-17-29(35,23-15-9-4-10-16-23)25(26(31)32)30-28(34)37-20-22-13-7-3-8-14-22/h2-16,24-25,35H,17-20H2,1H3,(H,30,34)/t24-,25-,29-/m0/s1. The van der Waals surface area contributed by atoms with E-state index in [9.17, 15) is 19.5 Å². The molecule has 0 bridgehead atoms. The molecular formula is C29H30N2O6. The van der Waals surface area contributed by atoms with Crippen LogP contribution in [0, 0.1) is 0 Å². The van der Waals surface area contributed by atoms with Crippen molar-refractivity contribution in [2.45, 2.75) is 37.1 Å². The number of piperidine rings is 1. The summed E-state index contributed by atoms with van der Waals surface area (Å²) in [4.78, 5) is 40.8. The largest absolute Gasteiger partial charge is 0.467 e. The Morgan fingerprint density at radius 1 is 0.973 bits per heavy atom. The molecule has 2 amide bonds. The molecule has 4 rings (SSSR count). The minimum absolute atomic E-state index is 0.000142. The van der Waals surface area contributed by atoms with Gasteiger partial charge in [0.1, 0.15) is 24.3 Å². The van der Waals surface area contributed by atoms with E-state index in [0.717, 1.165) is 11.1 Å². The van der Waals surface area contributed by atoms with Crippen LogP contribution >= 0.6 is 0 Å². The monoisotopic (exact) mass is 502 g/mol. The number of methoxy groups -OCH3 is 1. The molecule has 1 saturated heterocycles. The number of ether oxygens (including phenoxy) is 2. The third kappa shape index (κ3) is 5.98. The molecule has 3 aromatic carbocycles. The van der Waals surface area contributed by atoms with E-state index >= 15 is 0 Å². The zero-order valence-corrected chi connectivity index (χ0v) is 20.6. The van der Waals surface area contributed by atoms with Crippen molar-refractivity contribution in [1.82, 2.24) is 10.2 Å². The molecule has 0 saturated carbocycles. The molecule has 3 aromatic rings. The molecule has 0 unspecified atom stereocenters. The van der Waals surface area contributed by atoms with Gasteiger partial charge in [-0.05, 0) is 16.7 Å².